The van der Waals surface area contributed by atoms with Gasteiger partial charge in [0.25, 0.3) is 0 Å². The molecule has 0 saturated carbocycles. The number of nitrogens with zero attached hydrogens (tertiary/aromatic N) is 3. The van der Waals surface area contributed by atoms with Gasteiger partial charge in [0.2, 0.25) is 5.91 Å². The molecule has 6 heteroatoms. The number of benzene rings is 1. The third-order valence-corrected chi connectivity index (χ3v) is 4.32. The minimum atomic E-state index is 0.0828. The van der Waals surface area contributed by atoms with Crippen molar-refractivity contribution >= 4 is 11.7 Å². The maximum Gasteiger partial charge on any atom is 0.242 e. The summed E-state index contributed by atoms with van der Waals surface area (Å²) in [5.74, 6) is 2.31. The standard InChI is InChI=1S/C19H23N3O3/c1-14-7-8-17(25-3)19(20-14)22-10-9-21(18(23)13-22)12-15-5-4-6-16(11-15)24-2/h4-8,11H,9-10,12-13H2,1-3H3. The molecule has 0 atom stereocenters. The molecular formula is C19H23N3O3. The van der Waals surface area contributed by atoms with Crippen LogP contribution < -0.4 is 14.4 Å². The summed E-state index contributed by atoms with van der Waals surface area (Å²) in [4.78, 5) is 21.0. The third kappa shape index (κ3) is 3.84. The van der Waals surface area contributed by atoms with Crippen molar-refractivity contribution in [3.05, 3.63) is 47.7 Å². The van der Waals surface area contributed by atoms with E-state index in [1.807, 2.05) is 53.1 Å². The van der Waals surface area contributed by atoms with Crippen LogP contribution >= 0.6 is 0 Å². The van der Waals surface area contributed by atoms with Gasteiger partial charge in [0.05, 0.1) is 20.8 Å². The molecule has 0 radical (unpaired) electrons. The van der Waals surface area contributed by atoms with Gasteiger partial charge in [0, 0.05) is 25.3 Å². The van der Waals surface area contributed by atoms with Crippen molar-refractivity contribution in [1.29, 1.82) is 0 Å². The van der Waals surface area contributed by atoms with E-state index in [0.29, 0.717) is 25.4 Å². The Hall–Kier alpha value is -2.76. The Morgan fingerprint density at radius 3 is 2.68 bits per heavy atom. The number of methoxy groups -OCH3 is 2. The fourth-order valence-corrected chi connectivity index (χ4v) is 2.96. The Bertz CT molecular complexity index is 763. The molecular weight excluding hydrogens is 318 g/mol. The predicted molar refractivity (Wildman–Crippen MR) is 96.2 cm³/mol. The van der Waals surface area contributed by atoms with E-state index >= 15 is 0 Å². The molecule has 2 heterocycles. The van der Waals surface area contributed by atoms with Gasteiger partial charge in [-0.3, -0.25) is 4.79 Å². The third-order valence-electron chi connectivity index (χ3n) is 4.32. The van der Waals surface area contributed by atoms with Crippen molar-refractivity contribution in [2.75, 3.05) is 38.8 Å². The number of carbonyl (C=O) groups is 1. The zero-order valence-corrected chi connectivity index (χ0v) is 14.9. The van der Waals surface area contributed by atoms with E-state index in [1.165, 1.54) is 0 Å². The molecule has 0 N–H and O–H groups in total. The second-order valence-electron chi connectivity index (χ2n) is 6.07. The summed E-state index contributed by atoms with van der Waals surface area (Å²) in [5, 5.41) is 0. The van der Waals surface area contributed by atoms with Gasteiger partial charge in [-0.05, 0) is 36.8 Å². The monoisotopic (exact) mass is 341 g/mol. The molecule has 0 aliphatic carbocycles. The van der Waals surface area contributed by atoms with Crippen molar-refractivity contribution < 1.29 is 14.3 Å². The molecule has 1 aliphatic rings. The fourth-order valence-electron chi connectivity index (χ4n) is 2.96. The summed E-state index contributed by atoms with van der Waals surface area (Å²) in [5.41, 5.74) is 1.97. The highest BCUT2D eigenvalue weighted by Crippen LogP contribution is 2.27. The Balaban J connectivity index is 1.70. The van der Waals surface area contributed by atoms with Crippen molar-refractivity contribution in [2.24, 2.45) is 0 Å². The summed E-state index contributed by atoms with van der Waals surface area (Å²) >= 11 is 0. The summed E-state index contributed by atoms with van der Waals surface area (Å²) in [6.07, 6.45) is 0. The highest BCUT2D eigenvalue weighted by molar-refractivity contribution is 5.83. The van der Waals surface area contributed by atoms with Gasteiger partial charge in [0.1, 0.15) is 5.75 Å². The first-order valence-corrected chi connectivity index (χ1v) is 8.28. The lowest BCUT2D eigenvalue weighted by molar-refractivity contribution is -0.131. The van der Waals surface area contributed by atoms with Crippen LogP contribution in [0, 0.1) is 6.92 Å². The van der Waals surface area contributed by atoms with Crippen molar-refractivity contribution in [3.8, 4) is 11.5 Å². The maximum absolute atomic E-state index is 12.6. The van der Waals surface area contributed by atoms with E-state index < -0.39 is 0 Å². The number of anilines is 1. The van der Waals surface area contributed by atoms with Crippen molar-refractivity contribution in [2.45, 2.75) is 13.5 Å². The molecule has 1 aromatic carbocycles. The van der Waals surface area contributed by atoms with E-state index in [0.717, 1.165) is 29.4 Å². The summed E-state index contributed by atoms with van der Waals surface area (Å²) in [6, 6.07) is 11.6. The molecule has 1 aromatic heterocycles. The average molecular weight is 341 g/mol. The Labute approximate surface area is 148 Å². The van der Waals surface area contributed by atoms with E-state index in [4.69, 9.17) is 9.47 Å². The maximum atomic E-state index is 12.6. The number of amides is 1. The first-order chi connectivity index (χ1) is 12.1. The molecule has 0 bridgehead atoms. The molecule has 25 heavy (non-hydrogen) atoms. The lowest BCUT2D eigenvalue weighted by Gasteiger charge is -2.35. The van der Waals surface area contributed by atoms with E-state index in [9.17, 15) is 4.79 Å². The topological polar surface area (TPSA) is 54.9 Å². The fraction of sp³-hybridized carbons (Fsp3) is 0.368. The number of rotatable bonds is 5. The van der Waals surface area contributed by atoms with Crippen LogP contribution in [0.15, 0.2) is 36.4 Å². The lowest BCUT2D eigenvalue weighted by atomic mass is 10.2. The van der Waals surface area contributed by atoms with Crippen LogP contribution in [-0.4, -0.2) is 49.6 Å². The number of carbonyl (C=O) groups excluding carboxylic acids is 1. The Morgan fingerprint density at radius 2 is 1.96 bits per heavy atom. The van der Waals surface area contributed by atoms with Crippen LogP contribution in [0.5, 0.6) is 11.5 Å². The molecule has 1 aliphatic heterocycles. The first-order valence-electron chi connectivity index (χ1n) is 8.28. The zero-order chi connectivity index (χ0) is 17.8. The number of aryl methyl sites for hydroxylation is 1. The Kier molecular flexibility index (Phi) is 5.07. The van der Waals surface area contributed by atoms with E-state index in [2.05, 4.69) is 4.98 Å². The minimum Gasteiger partial charge on any atom is -0.497 e. The van der Waals surface area contributed by atoms with E-state index in [-0.39, 0.29) is 5.91 Å². The van der Waals surface area contributed by atoms with Gasteiger partial charge < -0.3 is 19.3 Å². The SMILES string of the molecule is COc1cccc(CN2CCN(c3nc(C)ccc3OC)CC2=O)c1. The molecule has 2 aromatic rings. The Morgan fingerprint density at radius 1 is 1.12 bits per heavy atom. The zero-order valence-electron chi connectivity index (χ0n) is 14.9. The molecule has 0 unspecified atom stereocenters. The van der Waals surface area contributed by atoms with Crippen LogP contribution in [0.1, 0.15) is 11.3 Å². The summed E-state index contributed by atoms with van der Waals surface area (Å²) in [7, 11) is 3.27. The van der Waals surface area contributed by atoms with Crippen LogP contribution in [-0.2, 0) is 11.3 Å². The van der Waals surface area contributed by atoms with Gasteiger partial charge in [-0.25, -0.2) is 4.98 Å². The minimum absolute atomic E-state index is 0.0828. The average Bonchev–Trinajstić information content (AvgIpc) is 2.63. The van der Waals surface area contributed by atoms with E-state index in [1.54, 1.807) is 14.2 Å². The second-order valence-corrected chi connectivity index (χ2v) is 6.07. The van der Waals surface area contributed by atoms with Gasteiger partial charge in [-0.2, -0.15) is 0 Å². The van der Waals surface area contributed by atoms with Crippen molar-refractivity contribution in [1.82, 2.24) is 9.88 Å². The van der Waals surface area contributed by atoms with Gasteiger partial charge in [0.15, 0.2) is 11.6 Å². The number of hydrogen-bond donors (Lipinski definition) is 0. The van der Waals surface area contributed by atoms with Crippen LogP contribution in [0.2, 0.25) is 0 Å². The molecule has 1 fully saturated rings. The van der Waals surface area contributed by atoms with Crippen LogP contribution in [0.4, 0.5) is 5.82 Å². The van der Waals surface area contributed by atoms with Crippen molar-refractivity contribution in [3.63, 3.8) is 0 Å². The van der Waals surface area contributed by atoms with Crippen LogP contribution in [0.25, 0.3) is 0 Å². The van der Waals surface area contributed by atoms with Crippen LogP contribution in [0.3, 0.4) is 0 Å². The van der Waals surface area contributed by atoms with Gasteiger partial charge >= 0.3 is 0 Å². The van der Waals surface area contributed by atoms with Gasteiger partial charge in [-0.1, -0.05) is 12.1 Å². The number of pyridine rings is 1. The largest absolute Gasteiger partial charge is 0.497 e. The quantitative estimate of drug-likeness (QED) is 0.835. The highest BCUT2D eigenvalue weighted by Gasteiger charge is 2.26. The molecule has 6 nitrogen and oxygen atoms in total. The van der Waals surface area contributed by atoms with Gasteiger partial charge in [-0.15, -0.1) is 0 Å². The number of hydrogen-bond acceptors (Lipinski definition) is 5. The number of ether oxygens (including phenoxy) is 2. The predicted octanol–water partition coefficient (Wildman–Crippen LogP) is 2.26. The first kappa shape index (κ1) is 17.1. The summed E-state index contributed by atoms with van der Waals surface area (Å²) < 4.78 is 10.6. The smallest absolute Gasteiger partial charge is 0.242 e. The number of piperazine rings is 1. The normalized spacial score (nSPS) is 14.6. The molecule has 3 rings (SSSR count). The lowest BCUT2D eigenvalue weighted by Crippen LogP contribution is -2.50. The molecule has 1 saturated heterocycles. The molecule has 0 spiro atoms. The molecule has 1 amide bonds. The number of aromatic nitrogens is 1. The molecule has 132 valence electrons. The highest BCUT2D eigenvalue weighted by atomic mass is 16.5. The summed E-state index contributed by atoms with van der Waals surface area (Å²) in [6.45, 7) is 4.19. The second kappa shape index (κ2) is 7.42.